The van der Waals surface area contributed by atoms with E-state index >= 15 is 0 Å². The summed E-state index contributed by atoms with van der Waals surface area (Å²) in [5, 5.41) is 7.23. The molecule has 0 aliphatic carbocycles. The maximum Gasteiger partial charge on any atom is 0.277 e. The smallest absolute Gasteiger partial charge is 0.277 e. The molecule has 0 fully saturated rings. The summed E-state index contributed by atoms with van der Waals surface area (Å²) in [6.45, 7) is 2.64. The third kappa shape index (κ3) is 3.07. The third-order valence-electron chi connectivity index (χ3n) is 4.64. The maximum absolute atomic E-state index is 13.0. The van der Waals surface area contributed by atoms with Gasteiger partial charge in [-0.1, -0.05) is 12.1 Å². The number of nitrogens with zero attached hydrogens (tertiary/aromatic N) is 3. The van der Waals surface area contributed by atoms with Crippen molar-refractivity contribution in [1.29, 1.82) is 0 Å². The van der Waals surface area contributed by atoms with E-state index < -0.39 is 0 Å². The topological polar surface area (TPSA) is 90.8 Å². The van der Waals surface area contributed by atoms with E-state index in [2.05, 4.69) is 10.4 Å². The molecular weight excluding hydrogens is 360 g/mol. The molecule has 1 atom stereocenters. The first-order valence-electron chi connectivity index (χ1n) is 8.94. The van der Waals surface area contributed by atoms with Crippen LogP contribution in [0.5, 0.6) is 0 Å². The van der Waals surface area contributed by atoms with Crippen LogP contribution in [0.3, 0.4) is 0 Å². The lowest BCUT2D eigenvalue weighted by Gasteiger charge is -2.11. The van der Waals surface area contributed by atoms with Crippen molar-refractivity contribution < 1.29 is 13.9 Å². The van der Waals surface area contributed by atoms with Gasteiger partial charge >= 0.3 is 0 Å². The standard InChI is InChI=1S/C20H20N4O4/c1-13(18-8-5-10-28-18)21-19(25)14-12-17-20(26)23(9-11-27-2)15-6-3-4-7-16(15)24(17)22-14/h3-8,10,12-13H,9,11H2,1-2H3,(H,21,25)/t13-/m0/s1. The van der Waals surface area contributed by atoms with Gasteiger partial charge in [-0.05, 0) is 31.2 Å². The Bertz CT molecular complexity index is 1190. The summed E-state index contributed by atoms with van der Waals surface area (Å²) in [6.07, 6.45) is 1.55. The van der Waals surface area contributed by atoms with Crippen molar-refractivity contribution in [3.05, 3.63) is 70.5 Å². The highest BCUT2D eigenvalue weighted by Gasteiger charge is 2.19. The lowest BCUT2D eigenvalue weighted by molar-refractivity contribution is 0.0930. The van der Waals surface area contributed by atoms with Gasteiger partial charge in [0.05, 0.1) is 29.9 Å². The molecule has 144 valence electrons. The fraction of sp³-hybridized carbons (Fsp3) is 0.250. The summed E-state index contributed by atoms with van der Waals surface area (Å²) < 4.78 is 13.6. The largest absolute Gasteiger partial charge is 0.467 e. The number of methoxy groups -OCH3 is 1. The molecule has 4 rings (SSSR count). The predicted octanol–water partition coefficient (Wildman–Crippen LogP) is 2.38. The van der Waals surface area contributed by atoms with E-state index in [0.29, 0.717) is 24.4 Å². The third-order valence-corrected chi connectivity index (χ3v) is 4.64. The minimum Gasteiger partial charge on any atom is -0.467 e. The number of nitrogens with one attached hydrogen (secondary N) is 1. The van der Waals surface area contributed by atoms with E-state index in [0.717, 1.165) is 11.0 Å². The van der Waals surface area contributed by atoms with E-state index in [-0.39, 0.29) is 23.2 Å². The lowest BCUT2D eigenvalue weighted by Crippen LogP contribution is -2.26. The molecule has 3 aromatic heterocycles. The number of aromatic nitrogens is 3. The van der Waals surface area contributed by atoms with Crippen molar-refractivity contribution in [3.8, 4) is 0 Å². The van der Waals surface area contributed by atoms with Gasteiger partial charge in [-0.2, -0.15) is 5.10 Å². The zero-order valence-electron chi connectivity index (χ0n) is 15.6. The zero-order valence-corrected chi connectivity index (χ0v) is 15.6. The first kappa shape index (κ1) is 18.0. The van der Waals surface area contributed by atoms with Gasteiger partial charge in [-0.3, -0.25) is 9.59 Å². The summed E-state index contributed by atoms with van der Waals surface area (Å²) in [5.41, 5.74) is 1.76. The molecule has 28 heavy (non-hydrogen) atoms. The first-order valence-corrected chi connectivity index (χ1v) is 8.94. The molecule has 8 heteroatoms. The van der Waals surface area contributed by atoms with Crippen molar-refractivity contribution in [3.63, 3.8) is 0 Å². The summed E-state index contributed by atoms with van der Waals surface area (Å²) in [6, 6.07) is 12.2. The van der Waals surface area contributed by atoms with Crippen molar-refractivity contribution in [2.45, 2.75) is 19.5 Å². The Morgan fingerprint density at radius 2 is 2.00 bits per heavy atom. The molecule has 0 saturated heterocycles. The number of para-hydroxylation sites is 2. The van der Waals surface area contributed by atoms with Gasteiger partial charge < -0.3 is 19.0 Å². The van der Waals surface area contributed by atoms with Crippen LogP contribution >= 0.6 is 0 Å². The second-order valence-electron chi connectivity index (χ2n) is 6.48. The molecule has 0 aliphatic heterocycles. The molecule has 0 radical (unpaired) electrons. The minimum atomic E-state index is -0.375. The normalized spacial score (nSPS) is 12.5. The molecule has 0 unspecified atom stereocenters. The van der Waals surface area contributed by atoms with Crippen LogP contribution in [0, 0.1) is 0 Å². The average molecular weight is 380 g/mol. The van der Waals surface area contributed by atoms with Crippen LogP contribution in [0.1, 0.15) is 29.2 Å². The number of hydrogen-bond acceptors (Lipinski definition) is 5. The van der Waals surface area contributed by atoms with Gasteiger partial charge in [0.25, 0.3) is 11.5 Å². The minimum absolute atomic E-state index is 0.171. The highest BCUT2D eigenvalue weighted by molar-refractivity contribution is 5.94. The number of benzene rings is 1. The predicted molar refractivity (Wildman–Crippen MR) is 103 cm³/mol. The molecule has 0 bridgehead atoms. The number of carbonyl (C=O) groups excluding carboxylic acids is 1. The molecule has 3 heterocycles. The van der Waals surface area contributed by atoms with Crippen LogP contribution in [-0.2, 0) is 11.3 Å². The summed E-state index contributed by atoms with van der Waals surface area (Å²) in [7, 11) is 1.59. The van der Waals surface area contributed by atoms with Gasteiger partial charge in [0.15, 0.2) is 5.69 Å². The average Bonchev–Trinajstić information content (AvgIpc) is 3.38. The molecule has 0 aliphatic rings. The second-order valence-corrected chi connectivity index (χ2v) is 6.48. The number of fused-ring (bicyclic) bond motifs is 3. The SMILES string of the molecule is COCCn1c(=O)c2cc(C(=O)N[C@@H](C)c3ccco3)nn2c2ccccc21. The lowest BCUT2D eigenvalue weighted by atomic mass is 10.2. The Hall–Kier alpha value is -3.39. The Balaban J connectivity index is 1.78. The van der Waals surface area contributed by atoms with Crippen LogP contribution in [0.2, 0.25) is 0 Å². The van der Waals surface area contributed by atoms with Crippen molar-refractivity contribution in [2.24, 2.45) is 0 Å². The molecule has 1 amide bonds. The van der Waals surface area contributed by atoms with Gasteiger partial charge in [0.1, 0.15) is 11.3 Å². The van der Waals surface area contributed by atoms with Crippen molar-refractivity contribution >= 4 is 22.5 Å². The fourth-order valence-corrected chi connectivity index (χ4v) is 3.23. The van der Waals surface area contributed by atoms with Gasteiger partial charge in [-0.15, -0.1) is 0 Å². The molecular formula is C20H20N4O4. The number of carbonyl (C=O) groups is 1. The Labute approximate surface area is 160 Å². The second kappa shape index (κ2) is 7.32. The molecule has 1 N–H and O–H groups in total. The fourth-order valence-electron chi connectivity index (χ4n) is 3.23. The number of rotatable bonds is 6. The highest BCUT2D eigenvalue weighted by atomic mass is 16.5. The number of furan rings is 1. The van der Waals surface area contributed by atoms with E-state index in [1.54, 1.807) is 30.1 Å². The summed E-state index contributed by atoms with van der Waals surface area (Å²) in [5.74, 6) is 0.268. The molecule has 8 nitrogen and oxygen atoms in total. The van der Waals surface area contributed by atoms with Crippen LogP contribution < -0.4 is 10.9 Å². The zero-order chi connectivity index (χ0) is 19.7. The Kier molecular flexibility index (Phi) is 4.70. The van der Waals surface area contributed by atoms with E-state index in [4.69, 9.17) is 9.15 Å². The monoisotopic (exact) mass is 380 g/mol. The quantitative estimate of drug-likeness (QED) is 0.555. The number of ether oxygens (including phenoxy) is 1. The maximum atomic E-state index is 13.0. The molecule has 0 spiro atoms. The van der Waals surface area contributed by atoms with Crippen LogP contribution in [0.15, 0.2) is 57.9 Å². The van der Waals surface area contributed by atoms with Crippen LogP contribution in [0.25, 0.3) is 16.6 Å². The van der Waals surface area contributed by atoms with Crippen molar-refractivity contribution in [2.75, 3.05) is 13.7 Å². The van der Waals surface area contributed by atoms with Crippen LogP contribution in [0.4, 0.5) is 0 Å². The summed E-state index contributed by atoms with van der Waals surface area (Å²) >= 11 is 0. The molecule has 4 aromatic rings. The first-order chi connectivity index (χ1) is 13.6. The number of hydrogen-bond donors (Lipinski definition) is 1. The van der Waals surface area contributed by atoms with Gasteiger partial charge in [-0.25, -0.2) is 4.52 Å². The van der Waals surface area contributed by atoms with Crippen molar-refractivity contribution in [1.82, 2.24) is 19.5 Å². The van der Waals surface area contributed by atoms with Gasteiger partial charge in [0.2, 0.25) is 0 Å². The van der Waals surface area contributed by atoms with E-state index in [9.17, 15) is 9.59 Å². The van der Waals surface area contributed by atoms with E-state index in [1.165, 1.54) is 10.6 Å². The number of amides is 1. The Morgan fingerprint density at radius 3 is 2.71 bits per heavy atom. The van der Waals surface area contributed by atoms with Crippen LogP contribution in [-0.4, -0.2) is 33.8 Å². The summed E-state index contributed by atoms with van der Waals surface area (Å²) in [4.78, 5) is 25.7. The van der Waals surface area contributed by atoms with Gasteiger partial charge in [0, 0.05) is 19.7 Å². The van der Waals surface area contributed by atoms with E-state index in [1.807, 2.05) is 31.2 Å². The molecule has 1 aromatic carbocycles. The molecule has 0 saturated carbocycles. The highest BCUT2D eigenvalue weighted by Crippen LogP contribution is 2.17. The Morgan fingerprint density at radius 1 is 1.21 bits per heavy atom.